The van der Waals surface area contributed by atoms with Gasteiger partial charge >= 0.3 is 24.2 Å². The number of Topliss-reactive ketones (excluding diaryl/α,β-unsaturated/α-hetero) is 1. The molecule has 0 radical (unpaired) electrons. The van der Waals surface area contributed by atoms with Gasteiger partial charge in [0, 0.05) is 13.3 Å². The molecule has 0 saturated heterocycles. The number of nitrogens with one attached hydrogen (secondary N) is 1. The van der Waals surface area contributed by atoms with Gasteiger partial charge in [0.1, 0.15) is 18.4 Å². The Morgan fingerprint density at radius 1 is 1.18 bits per heavy atom. The van der Waals surface area contributed by atoms with Crippen LogP contribution in [0.4, 0.5) is 4.79 Å². The maximum atomic E-state index is 12.0. The SMILES string of the molecule is C=[N+]=CC(=O)CC[C@H](NC(=O)OCc1ccc(OC(C)=O)cc1)C(=O)OCC. The highest BCUT2D eigenvalue weighted by Gasteiger charge is 2.24. The minimum Gasteiger partial charge on any atom is -0.464 e. The minimum atomic E-state index is -1.03. The molecule has 0 aliphatic rings. The van der Waals surface area contributed by atoms with Gasteiger partial charge in [0.05, 0.1) is 6.61 Å². The van der Waals surface area contributed by atoms with E-state index in [4.69, 9.17) is 14.2 Å². The molecule has 0 heterocycles. The minimum absolute atomic E-state index is 0.0135. The van der Waals surface area contributed by atoms with E-state index in [1.165, 1.54) is 6.92 Å². The Morgan fingerprint density at radius 3 is 2.43 bits per heavy atom. The lowest BCUT2D eigenvalue weighted by atomic mass is 10.1. The van der Waals surface area contributed by atoms with Gasteiger partial charge in [-0.1, -0.05) is 12.1 Å². The van der Waals surface area contributed by atoms with Gasteiger partial charge in [0.15, 0.2) is 0 Å². The first-order valence-electron chi connectivity index (χ1n) is 8.54. The average molecular weight is 391 g/mol. The Labute approximate surface area is 162 Å². The summed E-state index contributed by atoms with van der Waals surface area (Å²) in [7, 11) is 0. The van der Waals surface area contributed by atoms with E-state index in [1.807, 2.05) is 0 Å². The van der Waals surface area contributed by atoms with Gasteiger partial charge in [0.2, 0.25) is 5.78 Å². The third-order valence-corrected chi connectivity index (χ3v) is 3.33. The number of amides is 1. The molecule has 0 aromatic heterocycles. The number of hydrogen-bond donors (Lipinski definition) is 1. The molecule has 9 heteroatoms. The number of benzene rings is 1. The molecule has 0 unspecified atom stereocenters. The molecule has 9 nitrogen and oxygen atoms in total. The largest absolute Gasteiger partial charge is 0.464 e. The fourth-order valence-corrected chi connectivity index (χ4v) is 2.10. The van der Waals surface area contributed by atoms with Gasteiger partial charge in [-0.25, -0.2) is 9.59 Å². The molecule has 0 fully saturated rings. The number of ether oxygens (including phenoxy) is 3. The summed E-state index contributed by atoms with van der Waals surface area (Å²) in [6.45, 7) is 6.18. The van der Waals surface area contributed by atoms with Crippen LogP contribution in [0.2, 0.25) is 0 Å². The molecule has 1 aromatic carbocycles. The number of hydrogen-bond acceptors (Lipinski definition) is 7. The van der Waals surface area contributed by atoms with Crippen LogP contribution in [0.25, 0.3) is 0 Å². The van der Waals surface area contributed by atoms with Gasteiger partial charge in [-0.2, -0.15) is 0 Å². The van der Waals surface area contributed by atoms with Crippen LogP contribution in [0.5, 0.6) is 5.75 Å². The molecule has 28 heavy (non-hydrogen) atoms. The first kappa shape index (κ1) is 22.6. The van der Waals surface area contributed by atoms with E-state index in [9.17, 15) is 19.2 Å². The molecule has 0 aliphatic heterocycles. The third-order valence-electron chi connectivity index (χ3n) is 3.33. The zero-order chi connectivity index (χ0) is 20.9. The maximum Gasteiger partial charge on any atom is 0.408 e. The molecule has 1 rings (SSSR count). The second-order valence-electron chi connectivity index (χ2n) is 5.58. The number of carbonyl (C=O) groups is 4. The van der Waals surface area contributed by atoms with Gasteiger partial charge in [-0.3, -0.25) is 9.59 Å². The van der Waals surface area contributed by atoms with Crippen LogP contribution < -0.4 is 14.7 Å². The smallest absolute Gasteiger partial charge is 0.408 e. The Hall–Kier alpha value is -3.45. The second kappa shape index (κ2) is 12.0. The van der Waals surface area contributed by atoms with E-state index in [0.717, 1.165) is 6.21 Å². The normalized spacial score (nSPS) is 10.8. The van der Waals surface area contributed by atoms with Crippen LogP contribution in [0, 0.1) is 0 Å². The standard InChI is InChI=1S/C19H22N2O7/c1-4-26-18(24)17(10-7-15(23)11-20-3)21-19(25)27-12-14-5-8-16(9-6-14)28-13(2)22/h5-6,8-9,11,17H,3-4,7,10,12H2,1-2H3/p+1/t17-/m0/s1. The third kappa shape index (κ3) is 8.77. The summed E-state index contributed by atoms with van der Waals surface area (Å²) < 4.78 is 18.2. The van der Waals surface area contributed by atoms with Crippen molar-refractivity contribution in [1.29, 1.82) is 0 Å². The van der Waals surface area contributed by atoms with Crippen LogP contribution in [0.15, 0.2) is 24.3 Å². The predicted octanol–water partition coefficient (Wildman–Crippen LogP) is 0.958. The van der Waals surface area contributed by atoms with E-state index in [2.05, 4.69) is 16.7 Å². The fraction of sp³-hybridized carbons (Fsp3) is 0.368. The van der Waals surface area contributed by atoms with Crippen molar-refractivity contribution in [3.8, 4) is 5.75 Å². The lowest BCUT2D eigenvalue weighted by Crippen LogP contribution is -2.42. The maximum absolute atomic E-state index is 12.0. The topological polar surface area (TPSA) is 122 Å². The molecule has 0 saturated carbocycles. The number of carbonyl (C=O) groups excluding carboxylic acids is 4. The Balaban J connectivity index is 2.58. The molecule has 0 aliphatic carbocycles. The Bertz CT molecular complexity index is 752. The van der Waals surface area contributed by atoms with Gasteiger partial charge in [0.25, 0.3) is 6.72 Å². The van der Waals surface area contributed by atoms with Crippen molar-refractivity contribution in [2.75, 3.05) is 6.61 Å². The molecular formula is C19H23N2O7+. The molecule has 0 bridgehead atoms. The van der Waals surface area contributed by atoms with Crippen LogP contribution in [-0.2, 0) is 30.5 Å². The summed E-state index contributed by atoms with van der Waals surface area (Å²) in [6.07, 6.45) is 0.233. The molecular weight excluding hydrogens is 368 g/mol. The zero-order valence-electron chi connectivity index (χ0n) is 15.8. The monoisotopic (exact) mass is 391 g/mol. The van der Waals surface area contributed by atoms with Crippen molar-refractivity contribution in [2.24, 2.45) is 0 Å². The first-order chi connectivity index (χ1) is 13.3. The molecule has 1 atom stereocenters. The quantitative estimate of drug-likeness (QED) is 0.273. The van der Waals surface area contributed by atoms with Crippen LogP contribution in [0.3, 0.4) is 0 Å². The molecule has 0 spiro atoms. The van der Waals surface area contributed by atoms with Crippen molar-refractivity contribution in [1.82, 2.24) is 9.98 Å². The van der Waals surface area contributed by atoms with Crippen LogP contribution >= 0.6 is 0 Å². The molecule has 150 valence electrons. The summed E-state index contributed by atoms with van der Waals surface area (Å²) in [5.41, 5.74) is 0.653. The predicted molar refractivity (Wildman–Crippen MR) is 101 cm³/mol. The summed E-state index contributed by atoms with van der Waals surface area (Å²) in [6, 6.07) is 5.36. The lowest BCUT2D eigenvalue weighted by molar-refractivity contribution is -0.145. The van der Waals surface area contributed by atoms with Gasteiger partial charge in [-0.05, 0) is 31.0 Å². The Kier molecular flexibility index (Phi) is 9.71. The van der Waals surface area contributed by atoms with Crippen molar-refractivity contribution >= 4 is 36.7 Å². The second-order valence-corrected chi connectivity index (χ2v) is 5.58. The zero-order valence-corrected chi connectivity index (χ0v) is 15.8. The first-order valence-corrected chi connectivity index (χ1v) is 8.54. The number of alkyl carbamates (subject to hydrolysis) is 1. The van der Waals surface area contributed by atoms with Crippen molar-refractivity contribution in [2.45, 2.75) is 39.3 Å². The van der Waals surface area contributed by atoms with E-state index < -0.39 is 24.1 Å². The van der Waals surface area contributed by atoms with Gasteiger partial charge < -0.3 is 19.5 Å². The van der Waals surface area contributed by atoms with Crippen LogP contribution in [-0.4, -0.2) is 49.4 Å². The Morgan fingerprint density at radius 2 is 1.86 bits per heavy atom. The molecule has 1 N–H and O–H groups in total. The highest BCUT2D eigenvalue weighted by molar-refractivity contribution is 6.27. The van der Waals surface area contributed by atoms with E-state index in [0.29, 0.717) is 11.3 Å². The van der Waals surface area contributed by atoms with Crippen molar-refractivity contribution in [3.63, 3.8) is 0 Å². The number of ketones is 1. The number of rotatable bonds is 10. The van der Waals surface area contributed by atoms with E-state index >= 15 is 0 Å². The molecule has 1 aromatic rings. The van der Waals surface area contributed by atoms with Crippen molar-refractivity contribution in [3.05, 3.63) is 29.8 Å². The fourth-order valence-electron chi connectivity index (χ4n) is 2.10. The van der Waals surface area contributed by atoms with Crippen molar-refractivity contribution < 1.29 is 33.4 Å². The van der Waals surface area contributed by atoms with E-state index in [-0.39, 0.29) is 31.8 Å². The summed E-state index contributed by atoms with van der Waals surface area (Å²) in [5.74, 6) is -1.05. The average Bonchev–Trinajstić information content (AvgIpc) is 2.64. The summed E-state index contributed by atoms with van der Waals surface area (Å²) in [4.78, 5) is 46.3. The highest BCUT2D eigenvalue weighted by Crippen LogP contribution is 2.13. The highest BCUT2D eigenvalue weighted by atomic mass is 16.6. The van der Waals surface area contributed by atoms with Gasteiger partial charge in [-0.15, -0.1) is 4.67 Å². The summed E-state index contributed by atoms with van der Waals surface area (Å²) in [5, 5.41) is 2.39. The van der Waals surface area contributed by atoms with Crippen LogP contribution in [0.1, 0.15) is 32.3 Å². The number of nitrogens with zero attached hydrogens (tertiary/aromatic N) is 1. The summed E-state index contributed by atoms with van der Waals surface area (Å²) >= 11 is 0. The lowest BCUT2D eigenvalue weighted by Gasteiger charge is -2.16. The van der Waals surface area contributed by atoms with E-state index in [1.54, 1.807) is 31.2 Å². The number of esters is 2. The molecule has 1 amide bonds.